The molecule has 2 aliphatic rings. The lowest BCUT2D eigenvalue weighted by atomic mass is 10.1. The summed E-state index contributed by atoms with van der Waals surface area (Å²) in [5, 5.41) is 23.8. The summed E-state index contributed by atoms with van der Waals surface area (Å²) in [6, 6.07) is 11.2. The zero-order valence-electron chi connectivity index (χ0n) is 22.1. The number of pyridine rings is 2. The number of hydrogen-bond donors (Lipinski definition) is 2. The number of ether oxygens (including phenoxy) is 1. The van der Waals surface area contributed by atoms with Gasteiger partial charge in [0.25, 0.3) is 0 Å². The van der Waals surface area contributed by atoms with Gasteiger partial charge in [0.1, 0.15) is 35.0 Å². The third kappa shape index (κ3) is 5.22. The minimum absolute atomic E-state index is 0.0727. The van der Waals surface area contributed by atoms with Crippen molar-refractivity contribution in [1.82, 2.24) is 19.3 Å². The molecule has 6 rings (SSSR count). The molecule has 4 heterocycles. The van der Waals surface area contributed by atoms with Crippen LogP contribution in [0.5, 0.6) is 5.75 Å². The molecular weight excluding hydrogens is 571 g/mol. The third-order valence-corrected chi connectivity index (χ3v) is 9.32. The quantitative estimate of drug-likeness (QED) is 0.315. The molecule has 0 bridgehead atoms. The van der Waals surface area contributed by atoms with Crippen molar-refractivity contribution in [3.05, 3.63) is 71.4 Å². The number of nitriles is 1. The molecule has 10 nitrogen and oxygen atoms in total. The maximum atomic E-state index is 14.2. The maximum absolute atomic E-state index is 14.2. The number of anilines is 1. The number of sulfonamides is 1. The monoisotopic (exact) mass is 596 g/mol. The van der Waals surface area contributed by atoms with Gasteiger partial charge in [0.05, 0.1) is 34.1 Å². The molecule has 0 spiro atoms. The van der Waals surface area contributed by atoms with E-state index in [4.69, 9.17) is 16.3 Å². The van der Waals surface area contributed by atoms with Gasteiger partial charge in [-0.15, -0.1) is 0 Å². The van der Waals surface area contributed by atoms with Crippen molar-refractivity contribution in [1.29, 1.82) is 5.26 Å². The van der Waals surface area contributed by atoms with E-state index in [2.05, 4.69) is 25.8 Å². The van der Waals surface area contributed by atoms with E-state index in [-0.39, 0.29) is 29.5 Å². The first-order valence-corrected chi connectivity index (χ1v) is 14.8. The molecule has 0 amide bonds. The molecule has 0 unspecified atom stereocenters. The molecule has 3 atom stereocenters. The Kier molecular flexibility index (Phi) is 6.66. The van der Waals surface area contributed by atoms with E-state index in [9.17, 15) is 23.2 Å². The summed E-state index contributed by atoms with van der Waals surface area (Å²) in [6.07, 6.45) is 4.86. The molecule has 1 aliphatic heterocycles. The van der Waals surface area contributed by atoms with E-state index in [0.29, 0.717) is 35.5 Å². The summed E-state index contributed by atoms with van der Waals surface area (Å²) < 4.78 is 49.8. The van der Waals surface area contributed by atoms with Gasteiger partial charge in [0, 0.05) is 36.5 Å². The SMILES string of the molecule is CC(C)(O)COc1cc(-c2ccc(N3C[C@@H]4[C@H](C3)[C@H]4NS(=O)(=O)c3c(F)cccc3Cl)nc2)c2c(C#N)cnn2c1. The zero-order valence-corrected chi connectivity index (χ0v) is 23.7. The van der Waals surface area contributed by atoms with Crippen LogP contribution >= 0.6 is 11.6 Å². The van der Waals surface area contributed by atoms with Gasteiger partial charge in [-0.25, -0.2) is 27.0 Å². The molecule has 0 radical (unpaired) electrons. The van der Waals surface area contributed by atoms with Crippen LogP contribution in [0.1, 0.15) is 19.4 Å². The highest BCUT2D eigenvalue weighted by Crippen LogP contribution is 2.47. The van der Waals surface area contributed by atoms with E-state index in [1.807, 2.05) is 12.1 Å². The number of aliphatic hydroxyl groups is 1. The Hall–Kier alpha value is -3.76. The molecule has 41 heavy (non-hydrogen) atoms. The highest BCUT2D eigenvalue weighted by Gasteiger charge is 2.57. The number of fused-ring (bicyclic) bond motifs is 2. The van der Waals surface area contributed by atoms with Crippen LogP contribution in [0.25, 0.3) is 16.6 Å². The van der Waals surface area contributed by atoms with Crippen LogP contribution in [-0.4, -0.2) is 59.5 Å². The van der Waals surface area contributed by atoms with Crippen molar-refractivity contribution in [2.75, 3.05) is 24.6 Å². The molecule has 1 aromatic carbocycles. The Bertz CT molecular complexity index is 1770. The topological polar surface area (TPSA) is 133 Å². The Morgan fingerprint density at radius 1 is 1.24 bits per heavy atom. The van der Waals surface area contributed by atoms with Crippen LogP contribution < -0.4 is 14.4 Å². The van der Waals surface area contributed by atoms with Crippen LogP contribution in [0.15, 0.2) is 59.9 Å². The van der Waals surface area contributed by atoms with E-state index in [1.54, 1.807) is 36.8 Å². The van der Waals surface area contributed by atoms with Gasteiger partial charge >= 0.3 is 0 Å². The first-order chi connectivity index (χ1) is 19.4. The van der Waals surface area contributed by atoms with E-state index in [0.717, 1.165) is 17.4 Å². The first kappa shape index (κ1) is 27.4. The lowest BCUT2D eigenvalue weighted by Crippen LogP contribution is -2.35. The standard InChI is InChI=1S/C28H26ClFN6O4S/c1-28(2,37)15-40-18-8-19(26-17(9-31)11-33-36(26)12-18)16-6-7-24(32-10-16)35-13-20-21(14-35)25(20)34-41(38,39)27-22(29)4-3-5-23(27)30/h3-8,10-12,20-21,25,34,37H,13-15H2,1-2H3/t20-,21+,25+. The number of hydrogen-bond acceptors (Lipinski definition) is 8. The summed E-state index contributed by atoms with van der Waals surface area (Å²) in [6.45, 7) is 4.56. The summed E-state index contributed by atoms with van der Waals surface area (Å²) >= 11 is 5.97. The van der Waals surface area contributed by atoms with Gasteiger partial charge in [0.15, 0.2) is 0 Å². The molecule has 4 aromatic rings. The normalized spacial score (nSPS) is 20.2. The Morgan fingerprint density at radius 3 is 2.63 bits per heavy atom. The van der Waals surface area contributed by atoms with Crippen molar-refractivity contribution in [3.8, 4) is 22.9 Å². The minimum atomic E-state index is -4.10. The lowest BCUT2D eigenvalue weighted by molar-refractivity contribution is 0.0283. The molecule has 212 valence electrons. The molecule has 13 heteroatoms. The summed E-state index contributed by atoms with van der Waals surface area (Å²) in [4.78, 5) is 6.21. The Labute approximate surface area is 241 Å². The van der Waals surface area contributed by atoms with Gasteiger partial charge in [-0.2, -0.15) is 10.4 Å². The van der Waals surface area contributed by atoms with Crippen LogP contribution in [0.3, 0.4) is 0 Å². The lowest BCUT2D eigenvalue weighted by Gasteiger charge is -2.22. The number of nitrogens with one attached hydrogen (secondary N) is 1. The number of rotatable bonds is 8. The van der Waals surface area contributed by atoms with Crippen molar-refractivity contribution < 1.29 is 22.7 Å². The molecule has 1 saturated heterocycles. The van der Waals surface area contributed by atoms with Gasteiger partial charge in [-0.3, -0.25) is 0 Å². The highest BCUT2D eigenvalue weighted by atomic mass is 35.5. The van der Waals surface area contributed by atoms with E-state index in [1.165, 1.54) is 18.3 Å². The summed E-state index contributed by atoms with van der Waals surface area (Å²) in [7, 11) is -4.10. The largest absolute Gasteiger partial charge is 0.489 e. The number of benzene rings is 1. The van der Waals surface area contributed by atoms with Crippen LogP contribution in [-0.2, 0) is 10.0 Å². The second-order valence-corrected chi connectivity index (χ2v) is 13.0. The van der Waals surface area contributed by atoms with Crippen molar-refractivity contribution in [2.45, 2.75) is 30.4 Å². The van der Waals surface area contributed by atoms with Gasteiger partial charge in [-0.1, -0.05) is 17.7 Å². The first-order valence-electron chi connectivity index (χ1n) is 12.9. The van der Waals surface area contributed by atoms with Gasteiger partial charge in [0.2, 0.25) is 10.0 Å². The molecule has 3 aromatic heterocycles. The molecule has 1 saturated carbocycles. The van der Waals surface area contributed by atoms with Crippen molar-refractivity contribution in [2.24, 2.45) is 11.8 Å². The number of aromatic nitrogens is 3. The molecule has 1 aliphatic carbocycles. The molecular formula is C28H26ClFN6O4S. The maximum Gasteiger partial charge on any atom is 0.245 e. The van der Waals surface area contributed by atoms with Gasteiger partial charge in [-0.05, 0) is 56.0 Å². The Morgan fingerprint density at radius 2 is 2.00 bits per heavy atom. The number of piperidine rings is 1. The zero-order chi connectivity index (χ0) is 29.1. The fourth-order valence-corrected chi connectivity index (χ4v) is 7.28. The summed E-state index contributed by atoms with van der Waals surface area (Å²) in [5.41, 5.74) is 1.45. The Balaban J connectivity index is 1.18. The fraction of sp³-hybridized carbons (Fsp3) is 0.321. The number of nitrogens with zero attached hydrogens (tertiary/aromatic N) is 5. The molecule has 2 fully saturated rings. The van der Waals surface area contributed by atoms with Crippen molar-refractivity contribution in [3.63, 3.8) is 0 Å². The summed E-state index contributed by atoms with van der Waals surface area (Å²) in [5.74, 6) is 0.485. The molecule has 2 N–H and O–H groups in total. The van der Waals surface area contributed by atoms with E-state index >= 15 is 0 Å². The van der Waals surface area contributed by atoms with Crippen LogP contribution in [0.2, 0.25) is 5.02 Å². The second kappa shape index (κ2) is 9.95. The number of halogens is 2. The highest BCUT2D eigenvalue weighted by molar-refractivity contribution is 7.89. The predicted octanol–water partition coefficient (Wildman–Crippen LogP) is 3.62. The van der Waals surface area contributed by atoms with Crippen LogP contribution in [0.4, 0.5) is 10.2 Å². The van der Waals surface area contributed by atoms with Crippen molar-refractivity contribution >= 4 is 33.0 Å². The van der Waals surface area contributed by atoms with Crippen LogP contribution in [0, 0.1) is 29.0 Å². The average Bonchev–Trinajstić information content (AvgIpc) is 3.25. The van der Waals surface area contributed by atoms with Gasteiger partial charge < -0.3 is 14.7 Å². The average molecular weight is 597 g/mol. The van der Waals surface area contributed by atoms with E-state index < -0.39 is 26.3 Å². The minimum Gasteiger partial charge on any atom is -0.489 e. The second-order valence-electron chi connectivity index (χ2n) is 11.0. The fourth-order valence-electron chi connectivity index (χ4n) is 5.34. The smallest absolute Gasteiger partial charge is 0.245 e. The third-order valence-electron chi connectivity index (χ3n) is 7.35. The predicted molar refractivity (Wildman–Crippen MR) is 150 cm³/mol.